The fourth-order valence-electron chi connectivity index (χ4n) is 33.6. The number of para-hydroxylation sites is 2. The summed E-state index contributed by atoms with van der Waals surface area (Å²) in [6.45, 7) is 22.3. The van der Waals surface area contributed by atoms with Crippen LogP contribution in [0.1, 0.15) is 191 Å². The number of benzene rings is 5. The quantitative estimate of drug-likeness (QED) is 0.0385. The van der Waals surface area contributed by atoms with Gasteiger partial charge in [-0.1, -0.05) is 202 Å². The molecule has 16 aliphatic rings. The van der Waals surface area contributed by atoms with Crippen molar-refractivity contribution in [2.45, 2.75) is 244 Å². The lowest BCUT2D eigenvalue weighted by Gasteiger charge is -2.60. The largest absolute Gasteiger partial charge is 0.489 e. The van der Waals surface area contributed by atoms with Gasteiger partial charge in [-0.05, 0) is 294 Å². The number of pyridine rings is 1. The Hall–Kier alpha value is -11.2. The maximum atomic E-state index is 13.7. The molecule has 2 heterocycles. The third-order valence-corrected chi connectivity index (χ3v) is 42.1. The highest BCUT2D eigenvalue weighted by Gasteiger charge is 2.74. The molecule has 0 spiro atoms. The summed E-state index contributed by atoms with van der Waals surface area (Å²) in [5.41, 5.74) is -4.74. The van der Waals surface area contributed by atoms with Crippen molar-refractivity contribution >= 4 is 78.2 Å². The molecule has 23 rings (SSSR count). The molecule has 12 saturated carbocycles. The first-order valence-electron chi connectivity index (χ1n) is 53.5. The third-order valence-electron chi connectivity index (χ3n) is 40.8. The molecule has 20 unspecified atom stereocenters. The number of nitrogens with zero attached hydrogens (tertiary/aromatic N) is 3. The number of carbonyl (C=O) groups is 8. The average Bonchev–Trinajstić information content (AvgIpc) is 1.57. The zero-order chi connectivity index (χ0) is 106. The van der Waals surface area contributed by atoms with Crippen molar-refractivity contribution < 1.29 is 107 Å². The van der Waals surface area contributed by atoms with Crippen LogP contribution in [0.25, 0.3) is 21.8 Å². The summed E-state index contributed by atoms with van der Waals surface area (Å²) in [5.74, 6) is 0.818. The van der Waals surface area contributed by atoms with Gasteiger partial charge in [0, 0.05) is 78.6 Å². The van der Waals surface area contributed by atoms with Crippen LogP contribution in [0.4, 0.5) is 0 Å². The maximum absolute atomic E-state index is 13.7. The second-order valence-electron chi connectivity index (χ2n) is 48.2. The molecule has 12 fully saturated rings. The van der Waals surface area contributed by atoms with E-state index in [1.165, 1.54) is 18.3 Å². The van der Waals surface area contributed by atoms with Gasteiger partial charge in [-0.2, -0.15) is 0 Å². The standard InChI is InChI=1S/C35H40O6.C31H35NO5.C30H34N2O5.C26H31NO6S/c1-22-17-27-28-14-16-35(39,34(28,3)19-30(37)32(27)33(2)15-13-24(36)18-29(22)33)31(38)21-41-26-11-9-25(10-12-26)40-20-23-7-5-4-6-8-23;1-18-14-22-23-9-12-31(36,26(35)17-37-28-21-7-5-4-6-19(21)10-13-32-28)30(23,3)16-25(34)27(22)29(2)11-8-20(33)15-24(18)29;1-17-12-19-20-9-11-30(36,25(35)16-37-26-15-31-22-6-4-5-7-23(22)32-26)29(20,3)14-24(34)27(19)28(2)10-8-18(33)13-21(17)28;1-24-12-10-17(28)14-16(24)8-9-19-20-11-13-26(31,25(20,2)15-21(29)22(19)24)23(30)27-34(32,33)18-6-4-3-5-7-18/h4-13,15,18,22,27-28,30,32,37,39H,14,16-17,19-21H2,1-3H3;4-8,10-11,13,15,18,22-23,25,27,34,36H,9,12,14,16-17H2,1-3H3;4-8,10,13,15,17,19-20,24,27,34,36H,9,11-12,14,16H2,1-3H3;3-7,10,12,14,19-22,29,31H,8-9,11,13,15H2,1-2H3,(H,27,30)/t22-,27?,28?,30-,32?,33?,34?,35-;18-,22?,23?,25-,27?,29?,30?,31-;17-,19?,20?,24-,27?,28?,29?,30-;19?,20?,21-,22?,24?,25?,26-/m0000/s1. The predicted molar refractivity (Wildman–Crippen MR) is 557 cm³/mol. The molecule has 0 bridgehead atoms. The Bertz CT molecular complexity index is 6900. The Balaban J connectivity index is 0.000000121. The van der Waals surface area contributed by atoms with E-state index in [0.29, 0.717) is 80.9 Å². The summed E-state index contributed by atoms with van der Waals surface area (Å²) in [6, 6.07) is 41.7. The average molecular weight is 2050 g/mol. The molecule has 31 atom stereocenters. The van der Waals surface area contributed by atoms with Crippen molar-refractivity contribution in [3.63, 3.8) is 0 Å². The number of fused-ring (bicyclic) bond motifs is 22. The summed E-state index contributed by atoms with van der Waals surface area (Å²) in [4.78, 5) is 116. The molecule has 0 aliphatic heterocycles. The molecule has 27 heteroatoms. The minimum absolute atomic E-state index is 0.00449. The van der Waals surface area contributed by atoms with Gasteiger partial charge in [0.05, 0.1) is 46.5 Å². The van der Waals surface area contributed by atoms with E-state index in [2.05, 4.69) is 68.1 Å². The van der Waals surface area contributed by atoms with Crippen LogP contribution in [-0.2, 0) is 55.0 Å². The van der Waals surface area contributed by atoms with E-state index in [-0.39, 0.29) is 173 Å². The summed E-state index contributed by atoms with van der Waals surface area (Å²) >= 11 is 0. The summed E-state index contributed by atoms with van der Waals surface area (Å²) in [7, 11) is -4.14. The second-order valence-corrected chi connectivity index (χ2v) is 49.9. The van der Waals surface area contributed by atoms with Gasteiger partial charge in [0.25, 0.3) is 15.9 Å². The lowest BCUT2D eigenvalue weighted by molar-refractivity contribution is -0.180. The molecule has 2 aromatic heterocycles. The molecule has 16 aliphatic carbocycles. The van der Waals surface area contributed by atoms with Gasteiger partial charge in [0.1, 0.15) is 47.1 Å². The van der Waals surface area contributed by atoms with E-state index in [0.717, 1.165) is 89.1 Å². The van der Waals surface area contributed by atoms with Crippen LogP contribution >= 0.6 is 0 Å². The van der Waals surface area contributed by atoms with Crippen LogP contribution in [0.15, 0.2) is 252 Å². The number of ether oxygens (including phenoxy) is 4. The number of Topliss-reactive ketones (excluding diaryl/α,β-unsaturated/α-hetero) is 3. The molecule has 26 nitrogen and oxygen atoms in total. The Morgan fingerprint density at radius 3 is 1.27 bits per heavy atom. The van der Waals surface area contributed by atoms with E-state index >= 15 is 0 Å². The van der Waals surface area contributed by atoms with Gasteiger partial charge < -0.3 is 59.8 Å². The molecular weight excluding hydrogens is 1910 g/mol. The number of nitrogens with one attached hydrogen (secondary N) is 1. The number of aliphatic hydroxyl groups is 8. The van der Waals surface area contributed by atoms with Gasteiger partial charge in [-0.15, -0.1) is 0 Å². The van der Waals surface area contributed by atoms with Crippen molar-refractivity contribution in [3.05, 3.63) is 253 Å². The van der Waals surface area contributed by atoms with Crippen LogP contribution in [0.3, 0.4) is 0 Å². The van der Waals surface area contributed by atoms with E-state index in [1.54, 1.807) is 85.1 Å². The molecule has 0 saturated heterocycles. The third kappa shape index (κ3) is 17.2. The van der Waals surface area contributed by atoms with E-state index in [9.17, 15) is 87.6 Å². The number of sulfonamides is 1. The van der Waals surface area contributed by atoms with Gasteiger partial charge in [0.2, 0.25) is 29.1 Å². The zero-order valence-electron chi connectivity index (χ0n) is 86.7. The number of ketones is 7. The normalized spacial score (nSPS) is 39.8. The van der Waals surface area contributed by atoms with Crippen molar-refractivity contribution in [2.75, 3.05) is 19.8 Å². The fraction of sp³-hybridized carbons (Fsp3) is 0.516. The molecule has 786 valence electrons. The predicted octanol–water partition coefficient (Wildman–Crippen LogP) is 16.2. The maximum Gasteiger partial charge on any atom is 0.266 e. The number of amides is 1. The van der Waals surface area contributed by atoms with E-state index in [4.69, 9.17) is 18.9 Å². The van der Waals surface area contributed by atoms with Crippen LogP contribution in [-0.4, -0.2) is 177 Å². The van der Waals surface area contributed by atoms with Crippen molar-refractivity contribution in [1.29, 1.82) is 0 Å². The first kappa shape index (κ1) is 105. The number of allylic oxidation sites excluding steroid dienone is 16. The van der Waals surface area contributed by atoms with Crippen LogP contribution in [0.5, 0.6) is 23.3 Å². The second kappa shape index (κ2) is 38.5. The Morgan fingerprint density at radius 1 is 0.409 bits per heavy atom. The highest BCUT2D eigenvalue weighted by atomic mass is 32.2. The minimum Gasteiger partial charge on any atom is -0.489 e. The van der Waals surface area contributed by atoms with E-state index < -0.39 is 106 Å². The highest BCUT2D eigenvalue weighted by molar-refractivity contribution is 7.90. The topological polar surface area (TPSA) is 420 Å². The number of aromatic nitrogens is 3. The molecule has 7 aromatic rings. The summed E-state index contributed by atoms with van der Waals surface area (Å²) in [5, 5.41) is 95.6. The molecule has 149 heavy (non-hydrogen) atoms. The van der Waals surface area contributed by atoms with Crippen molar-refractivity contribution in [3.8, 4) is 23.3 Å². The number of carbonyl (C=O) groups excluding carboxylic acids is 8. The monoisotopic (exact) mass is 2040 g/mol. The number of rotatable bonds is 18. The number of hydrogen-bond acceptors (Lipinski definition) is 25. The zero-order valence-corrected chi connectivity index (χ0v) is 87.5. The Labute approximate surface area is 870 Å². The molecule has 1 amide bonds. The molecule has 0 radical (unpaired) electrons. The van der Waals surface area contributed by atoms with Gasteiger partial charge >= 0.3 is 0 Å². The number of aliphatic hydroxyl groups excluding tert-OH is 4. The van der Waals surface area contributed by atoms with Gasteiger partial charge in [-0.25, -0.2) is 28.1 Å². The van der Waals surface area contributed by atoms with Crippen LogP contribution < -0.4 is 23.7 Å². The molecule has 9 N–H and O–H groups in total. The molecule has 5 aromatic carbocycles. The minimum atomic E-state index is -4.14. The lowest BCUT2D eigenvalue weighted by Crippen LogP contribution is -2.63. The van der Waals surface area contributed by atoms with Crippen molar-refractivity contribution in [2.24, 2.45) is 132 Å². The Morgan fingerprint density at radius 2 is 0.792 bits per heavy atom. The molecular formula is C122H140N4O22S. The summed E-state index contributed by atoms with van der Waals surface area (Å²) < 4.78 is 51.0. The summed E-state index contributed by atoms with van der Waals surface area (Å²) in [6.07, 6.45) is 30.6. The van der Waals surface area contributed by atoms with Gasteiger partial charge in [-0.3, -0.25) is 38.4 Å². The van der Waals surface area contributed by atoms with Crippen LogP contribution in [0, 0.1) is 132 Å². The van der Waals surface area contributed by atoms with Crippen LogP contribution in [0.2, 0.25) is 0 Å². The fourth-order valence-corrected chi connectivity index (χ4v) is 34.6. The highest BCUT2D eigenvalue weighted by Crippen LogP contribution is 2.74. The van der Waals surface area contributed by atoms with Gasteiger partial charge in [0.15, 0.2) is 36.3 Å². The first-order chi connectivity index (χ1) is 70.6. The number of hydrogen-bond donors (Lipinski definition) is 9. The first-order valence-corrected chi connectivity index (χ1v) is 55.0. The van der Waals surface area contributed by atoms with E-state index in [1.807, 2.05) is 149 Å². The Kier molecular flexibility index (Phi) is 27.1. The van der Waals surface area contributed by atoms with Crippen molar-refractivity contribution in [1.82, 2.24) is 19.7 Å². The SMILES string of the molecule is CC12C=CC(=O)C=C1CCC1C2[C@@H](O)CC2(C)C1CC[C@]2(O)C(=O)NS(=O)(=O)c1ccccc1.C[C@H]1CC2C([C@@H](O)CC3(C)C2CC[C@]3(O)C(=O)COc2ccc(OCc3ccccc3)cc2)C2(C)C=CC(=O)C=C12.C[C@H]1CC2C([C@@H](O)CC3(C)C2CC[C@]3(O)C(=O)COc2cnc3ccccc3n2)C2(C)C=CC(=O)C=C12.C[C@H]1CC2C([C@@H](O)CC3(C)C2CC[C@]3(O)C(=O)COc2nccc3ccccc23)C2(C)C=CC(=O)C=C12. The lowest BCUT2D eigenvalue weighted by atomic mass is 9.45. The smallest absolute Gasteiger partial charge is 0.266 e.